The fourth-order valence-corrected chi connectivity index (χ4v) is 2.13. The Hall–Kier alpha value is -0.750. The number of hydrogen-bond acceptors (Lipinski definition) is 5. The number of hydrogen-bond donors (Lipinski definition) is 1. The van der Waals surface area contributed by atoms with Crippen molar-refractivity contribution in [1.29, 1.82) is 0 Å². The Morgan fingerprint density at radius 3 is 2.15 bits per heavy atom. The molecule has 20 heavy (non-hydrogen) atoms. The first-order valence-corrected chi connectivity index (χ1v) is 7.37. The van der Waals surface area contributed by atoms with E-state index in [1.807, 2.05) is 18.7 Å². The van der Waals surface area contributed by atoms with Crippen LogP contribution >= 0.6 is 23.2 Å². The van der Waals surface area contributed by atoms with Crippen LogP contribution in [-0.2, 0) is 9.47 Å². The van der Waals surface area contributed by atoms with Gasteiger partial charge in [0.2, 0.25) is 0 Å². The Morgan fingerprint density at radius 1 is 1.10 bits per heavy atom. The monoisotopic (exact) mass is 321 g/mol. The van der Waals surface area contributed by atoms with Crippen molar-refractivity contribution in [2.75, 3.05) is 50.2 Å². The van der Waals surface area contributed by atoms with Gasteiger partial charge in [0.1, 0.15) is 11.6 Å². The molecule has 0 fully saturated rings. The largest absolute Gasteiger partial charge is 0.382 e. The predicted molar refractivity (Wildman–Crippen MR) is 83.9 cm³/mol. The van der Waals surface area contributed by atoms with Crippen molar-refractivity contribution < 1.29 is 9.47 Å². The lowest BCUT2D eigenvalue weighted by Crippen LogP contribution is -2.32. The van der Waals surface area contributed by atoms with Gasteiger partial charge in [0.05, 0.1) is 23.3 Å². The smallest absolute Gasteiger partial charge is 0.150 e. The fourth-order valence-electron chi connectivity index (χ4n) is 1.65. The third kappa shape index (κ3) is 5.32. The Bertz CT molecular complexity index is 409. The molecule has 0 saturated carbocycles. The van der Waals surface area contributed by atoms with Crippen LogP contribution in [0.15, 0.2) is 6.07 Å². The highest BCUT2D eigenvalue weighted by Gasteiger charge is 2.14. The van der Waals surface area contributed by atoms with Gasteiger partial charge in [-0.05, 0) is 19.9 Å². The van der Waals surface area contributed by atoms with Gasteiger partial charge >= 0.3 is 0 Å². The molecule has 2 N–H and O–H groups in total. The number of halogens is 2. The average molecular weight is 322 g/mol. The molecule has 5 nitrogen and oxygen atoms in total. The first kappa shape index (κ1) is 17.3. The zero-order valence-electron chi connectivity index (χ0n) is 11.9. The summed E-state index contributed by atoms with van der Waals surface area (Å²) in [7, 11) is 0. The standard InChI is InChI=1S/C13H21Cl2N3O2/c1-3-19-7-5-18(6-8-20-4-2)13-11(15)9-10(14)12(16)17-13/h9H,3-8H2,1-2H3,(H2,16,17). The molecule has 114 valence electrons. The second-order valence-corrected chi connectivity index (χ2v) is 4.86. The molecule has 0 spiro atoms. The van der Waals surface area contributed by atoms with Gasteiger partial charge in [-0.25, -0.2) is 4.98 Å². The maximum Gasteiger partial charge on any atom is 0.150 e. The molecular formula is C13H21Cl2N3O2. The van der Waals surface area contributed by atoms with Crippen molar-refractivity contribution in [2.24, 2.45) is 0 Å². The van der Waals surface area contributed by atoms with Crippen LogP contribution < -0.4 is 10.6 Å². The van der Waals surface area contributed by atoms with Crippen molar-refractivity contribution in [3.8, 4) is 0 Å². The molecule has 0 aliphatic rings. The van der Waals surface area contributed by atoms with Crippen molar-refractivity contribution >= 4 is 34.8 Å². The van der Waals surface area contributed by atoms with Gasteiger partial charge < -0.3 is 20.1 Å². The van der Waals surface area contributed by atoms with E-state index in [-0.39, 0.29) is 5.82 Å². The number of nitrogens with two attached hydrogens (primary N) is 1. The Labute approximate surface area is 130 Å². The number of nitrogen functional groups attached to an aromatic ring is 1. The Kier molecular flexibility index (Phi) is 7.99. The highest BCUT2D eigenvalue weighted by molar-refractivity contribution is 6.37. The number of ether oxygens (including phenoxy) is 2. The molecular weight excluding hydrogens is 301 g/mol. The maximum absolute atomic E-state index is 6.20. The van der Waals surface area contributed by atoms with Crippen LogP contribution in [0.4, 0.5) is 11.6 Å². The molecule has 0 bridgehead atoms. The molecule has 0 atom stereocenters. The van der Waals surface area contributed by atoms with E-state index < -0.39 is 0 Å². The highest BCUT2D eigenvalue weighted by Crippen LogP contribution is 2.29. The van der Waals surface area contributed by atoms with Crippen molar-refractivity contribution in [3.05, 3.63) is 16.1 Å². The molecule has 7 heteroatoms. The summed E-state index contributed by atoms with van der Waals surface area (Å²) in [5, 5.41) is 0.825. The Balaban J connectivity index is 2.81. The maximum atomic E-state index is 6.20. The zero-order chi connectivity index (χ0) is 15.0. The van der Waals surface area contributed by atoms with Gasteiger partial charge in [-0.3, -0.25) is 0 Å². The highest BCUT2D eigenvalue weighted by atomic mass is 35.5. The summed E-state index contributed by atoms with van der Waals surface area (Å²) in [4.78, 5) is 6.25. The van der Waals surface area contributed by atoms with Crippen LogP contribution in [0.2, 0.25) is 10.0 Å². The van der Waals surface area contributed by atoms with E-state index in [0.717, 1.165) is 0 Å². The molecule has 1 aromatic rings. The van der Waals surface area contributed by atoms with Gasteiger partial charge in [-0.2, -0.15) is 0 Å². The summed E-state index contributed by atoms with van der Waals surface area (Å²) in [6.07, 6.45) is 0. The first-order chi connectivity index (χ1) is 9.60. The molecule has 1 rings (SSSR count). The predicted octanol–water partition coefficient (Wildman–Crippen LogP) is 2.85. The van der Waals surface area contributed by atoms with E-state index in [9.17, 15) is 0 Å². The summed E-state index contributed by atoms with van der Waals surface area (Å²) in [5.41, 5.74) is 5.75. The fraction of sp³-hybridized carbons (Fsp3) is 0.615. The molecule has 0 aliphatic heterocycles. The van der Waals surface area contributed by atoms with E-state index in [1.165, 1.54) is 0 Å². The minimum atomic E-state index is 0.267. The van der Waals surface area contributed by atoms with Crippen LogP contribution in [0.1, 0.15) is 13.8 Å². The van der Waals surface area contributed by atoms with Crippen molar-refractivity contribution in [1.82, 2.24) is 4.98 Å². The molecule has 0 amide bonds. The lowest BCUT2D eigenvalue weighted by atomic mass is 10.3. The van der Waals surface area contributed by atoms with Gasteiger partial charge in [0, 0.05) is 26.3 Å². The minimum Gasteiger partial charge on any atom is -0.382 e. The second-order valence-electron chi connectivity index (χ2n) is 4.04. The van der Waals surface area contributed by atoms with Crippen LogP contribution in [0.25, 0.3) is 0 Å². The third-order valence-electron chi connectivity index (χ3n) is 2.66. The van der Waals surface area contributed by atoms with E-state index in [1.54, 1.807) is 6.07 Å². The van der Waals surface area contributed by atoms with E-state index in [0.29, 0.717) is 55.4 Å². The summed E-state index contributed by atoms with van der Waals surface area (Å²) < 4.78 is 10.7. The van der Waals surface area contributed by atoms with Crippen LogP contribution in [0.5, 0.6) is 0 Å². The first-order valence-electron chi connectivity index (χ1n) is 6.62. The molecule has 1 aromatic heterocycles. The second kappa shape index (κ2) is 9.23. The molecule has 0 radical (unpaired) electrons. The molecule has 0 aromatic carbocycles. The zero-order valence-corrected chi connectivity index (χ0v) is 13.4. The molecule has 0 unspecified atom stereocenters. The average Bonchev–Trinajstić information content (AvgIpc) is 2.42. The van der Waals surface area contributed by atoms with Crippen molar-refractivity contribution in [3.63, 3.8) is 0 Å². The summed E-state index contributed by atoms with van der Waals surface area (Å²) in [5.74, 6) is 0.872. The SMILES string of the molecule is CCOCCN(CCOCC)c1nc(N)c(Cl)cc1Cl. The third-order valence-corrected chi connectivity index (χ3v) is 3.24. The van der Waals surface area contributed by atoms with Gasteiger partial charge in [0.25, 0.3) is 0 Å². The van der Waals surface area contributed by atoms with Gasteiger partial charge in [0.15, 0.2) is 0 Å². The number of rotatable bonds is 9. The van der Waals surface area contributed by atoms with Gasteiger partial charge in [-0.1, -0.05) is 23.2 Å². The van der Waals surface area contributed by atoms with Gasteiger partial charge in [-0.15, -0.1) is 0 Å². The molecule has 0 aliphatic carbocycles. The quantitative estimate of drug-likeness (QED) is 0.709. The summed E-state index contributed by atoms with van der Waals surface area (Å²) in [6, 6.07) is 1.61. The molecule has 1 heterocycles. The van der Waals surface area contributed by atoms with Crippen LogP contribution in [0.3, 0.4) is 0 Å². The van der Waals surface area contributed by atoms with E-state index in [2.05, 4.69) is 4.98 Å². The lowest BCUT2D eigenvalue weighted by Gasteiger charge is -2.24. The summed E-state index contributed by atoms with van der Waals surface area (Å²) in [6.45, 7) is 7.74. The number of anilines is 2. The van der Waals surface area contributed by atoms with Crippen LogP contribution in [0, 0.1) is 0 Å². The van der Waals surface area contributed by atoms with E-state index >= 15 is 0 Å². The van der Waals surface area contributed by atoms with Crippen molar-refractivity contribution in [2.45, 2.75) is 13.8 Å². The normalized spacial score (nSPS) is 10.8. The Morgan fingerprint density at radius 2 is 1.65 bits per heavy atom. The van der Waals surface area contributed by atoms with E-state index in [4.69, 9.17) is 38.4 Å². The number of nitrogens with zero attached hydrogens (tertiary/aromatic N) is 2. The number of pyridine rings is 1. The minimum absolute atomic E-state index is 0.267. The number of aromatic nitrogens is 1. The lowest BCUT2D eigenvalue weighted by molar-refractivity contribution is 0.141. The van der Waals surface area contributed by atoms with Crippen LogP contribution in [-0.4, -0.2) is 44.5 Å². The topological polar surface area (TPSA) is 60.6 Å². The molecule has 0 saturated heterocycles. The summed E-state index contributed by atoms with van der Waals surface area (Å²) >= 11 is 12.1.